The number of hydrogen-bond donors (Lipinski definition) is 0. The number of hydrogen-bond acceptors (Lipinski definition) is 0. The first kappa shape index (κ1) is 16.3. The van der Waals surface area contributed by atoms with Crippen molar-refractivity contribution in [2.75, 3.05) is 0 Å². The van der Waals surface area contributed by atoms with Crippen LogP contribution in [0.15, 0.2) is 0 Å². The zero-order chi connectivity index (χ0) is 2.00. The van der Waals surface area contributed by atoms with Crippen LogP contribution >= 0.6 is 0 Å². The van der Waals surface area contributed by atoms with Gasteiger partial charge in [-0.15, -0.1) is 0 Å². The van der Waals surface area contributed by atoms with E-state index < -0.39 is 0 Å². The Bertz CT molecular complexity index is 6.00. The van der Waals surface area contributed by atoms with Crippen LogP contribution in [0.4, 0.5) is 0 Å². The van der Waals surface area contributed by atoms with Gasteiger partial charge in [0.1, 0.15) is 0 Å². The third kappa shape index (κ3) is 8.86. The van der Waals surface area contributed by atoms with Gasteiger partial charge in [0.15, 0.2) is 0 Å². The van der Waals surface area contributed by atoms with Crippen LogP contribution in [0.1, 0.15) is 0 Å². The quantitative estimate of drug-likeness (QED) is 0.494. The largest absolute Gasteiger partial charge is 0.0999 e. The molecule has 0 aliphatic rings. The molecule has 0 spiro atoms. The fraction of sp³-hybridized carbons (Fsp3) is 1.00. The predicted octanol–water partition coefficient (Wildman–Crippen LogP) is 0.198. The molecule has 0 aliphatic carbocycles. The maximum absolute atomic E-state index is 4.50. The summed E-state index contributed by atoms with van der Waals surface area (Å²) in [5.74, 6) is 0. The van der Waals surface area contributed by atoms with Crippen molar-refractivity contribution >= 4 is 7.85 Å². The normalized spacial score (nSPS) is 1.25. The Labute approximate surface area is 78.7 Å². The van der Waals surface area contributed by atoms with Crippen LogP contribution in [0.2, 0.25) is 6.82 Å². The molecule has 0 saturated heterocycles. The molecule has 0 fully saturated rings. The average molecular weight is 204 g/mol. The molecule has 0 aromatic rings. The van der Waals surface area contributed by atoms with Crippen LogP contribution in [0.5, 0.6) is 0 Å². The van der Waals surface area contributed by atoms with Crippen molar-refractivity contribution in [3.8, 4) is 0 Å². The minimum absolute atomic E-state index is 0. The van der Waals surface area contributed by atoms with E-state index in [9.17, 15) is 0 Å². The molecule has 16 valence electrons. The smallest absolute Gasteiger partial charge is 0.0606 e. The molecule has 0 nitrogen and oxygen atoms in total. The van der Waals surface area contributed by atoms with Crippen molar-refractivity contribution in [2.45, 2.75) is 6.82 Å². The van der Waals surface area contributed by atoms with Crippen molar-refractivity contribution in [2.24, 2.45) is 0 Å². The summed E-state index contributed by atoms with van der Waals surface area (Å²) in [6.45, 7) is 1.50. The van der Waals surface area contributed by atoms with Crippen LogP contribution in [0.25, 0.3) is 0 Å². The topological polar surface area (TPSA) is 0 Å². The van der Waals surface area contributed by atoms with Gasteiger partial charge in [-0.3, -0.25) is 0 Å². The van der Waals surface area contributed by atoms with Gasteiger partial charge in [-0.25, -0.2) is 0 Å². The Morgan fingerprint density at radius 2 is 1.00 bits per heavy atom. The second-order valence-corrected chi connectivity index (χ2v) is 0. The maximum atomic E-state index is 4.50. The van der Waals surface area contributed by atoms with Gasteiger partial charge in [-0.05, 0) is 0 Å². The summed E-state index contributed by atoms with van der Waals surface area (Å²) in [5, 5.41) is 0. The molecule has 0 N–H and O–H groups in total. The van der Waals surface area contributed by atoms with Gasteiger partial charge in [0.05, 0.1) is 7.85 Å². The third-order valence-electron chi connectivity index (χ3n) is 0. The van der Waals surface area contributed by atoms with Gasteiger partial charge >= 0.3 is 0 Å². The van der Waals surface area contributed by atoms with Crippen LogP contribution in [-0.2, 0) is 65.4 Å². The van der Waals surface area contributed by atoms with E-state index in [1.54, 1.807) is 0 Å². The Morgan fingerprint density at radius 3 is 1.00 bits per heavy atom. The fourth-order valence-corrected chi connectivity index (χ4v) is 0. The number of rotatable bonds is 0. The standard InChI is InChI=1S/CH3B.2Y/c1-2;;/h1H3;;. The Hall–Kier alpha value is 2.27. The fourth-order valence-electron chi connectivity index (χ4n) is 0. The molecule has 0 bridgehead atoms. The summed E-state index contributed by atoms with van der Waals surface area (Å²) in [6, 6.07) is 0. The first-order valence-corrected chi connectivity index (χ1v) is 0.577. The first-order valence-electron chi connectivity index (χ1n) is 0.577. The summed E-state index contributed by atoms with van der Waals surface area (Å²) >= 11 is 0. The van der Waals surface area contributed by atoms with E-state index in [1.165, 1.54) is 6.82 Å². The third-order valence-corrected chi connectivity index (χ3v) is 0. The van der Waals surface area contributed by atoms with Crippen molar-refractivity contribution in [3.63, 3.8) is 0 Å². The van der Waals surface area contributed by atoms with Gasteiger partial charge in [-0.2, -0.15) is 0 Å². The SMILES string of the molecule is [B]C.[Y].[Y]. The van der Waals surface area contributed by atoms with E-state index in [-0.39, 0.29) is 65.4 Å². The molecule has 0 saturated carbocycles. The predicted molar refractivity (Wildman–Crippen MR) is 11.6 cm³/mol. The van der Waals surface area contributed by atoms with E-state index in [2.05, 4.69) is 7.85 Å². The van der Waals surface area contributed by atoms with E-state index in [0.29, 0.717) is 0 Å². The molecule has 3 heteroatoms. The van der Waals surface area contributed by atoms with Gasteiger partial charge in [0, 0.05) is 65.4 Å². The van der Waals surface area contributed by atoms with E-state index in [0.717, 1.165) is 0 Å². The molecule has 0 aliphatic heterocycles. The Kier molecular flexibility index (Phi) is 75.9. The molecule has 0 heterocycles. The molecule has 4 heavy (non-hydrogen) atoms. The molecule has 0 rings (SSSR count). The van der Waals surface area contributed by atoms with Crippen molar-refractivity contribution in [1.82, 2.24) is 0 Å². The van der Waals surface area contributed by atoms with E-state index in [1.807, 2.05) is 0 Å². The second kappa shape index (κ2) is 18.6. The summed E-state index contributed by atoms with van der Waals surface area (Å²) in [6.07, 6.45) is 0. The van der Waals surface area contributed by atoms with Crippen molar-refractivity contribution in [1.29, 1.82) is 0 Å². The summed E-state index contributed by atoms with van der Waals surface area (Å²) in [4.78, 5) is 0. The maximum Gasteiger partial charge on any atom is 0.0606 e. The Morgan fingerprint density at radius 1 is 1.00 bits per heavy atom. The van der Waals surface area contributed by atoms with Gasteiger partial charge in [-0.1, -0.05) is 6.82 Å². The van der Waals surface area contributed by atoms with Crippen molar-refractivity contribution < 1.29 is 65.4 Å². The van der Waals surface area contributed by atoms with Crippen LogP contribution in [-0.4, -0.2) is 7.85 Å². The summed E-state index contributed by atoms with van der Waals surface area (Å²) < 4.78 is 0. The molecule has 0 unspecified atom stereocenters. The second-order valence-electron chi connectivity index (χ2n) is 0. The summed E-state index contributed by atoms with van der Waals surface area (Å²) in [7, 11) is 4.50. The molecule has 0 atom stereocenters. The first-order chi connectivity index (χ1) is 1.00. The minimum Gasteiger partial charge on any atom is -0.0999 e. The van der Waals surface area contributed by atoms with Crippen LogP contribution < -0.4 is 0 Å². The van der Waals surface area contributed by atoms with Crippen LogP contribution in [0.3, 0.4) is 0 Å². The molecule has 0 aromatic heterocycles. The molecule has 4 radical (unpaired) electrons. The van der Waals surface area contributed by atoms with Gasteiger partial charge in [0.25, 0.3) is 0 Å². The summed E-state index contributed by atoms with van der Waals surface area (Å²) in [5.41, 5.74) is 0. The minimum atomic E-state index is 0. The van der Waals surface area contributed by atoms with Crippen LogP contribution in [0, 0.1) is 0 Å². The zero-order valence-corrected chi connectivity index (χ0v) is 8.41. The molecular formula is CH3BY2. The Balaban J connectivity index is -0.00000000500. The van der Waals surface area contributed by atoms with E-state index >= 15 is 0 Å². The van der Waals surface area contributed by atoms with Gasteiger partial charge < -0.3 is 0 Å². The molecule has 0 amide bonds. The van der Waals surface area contributed by atoms with E-state index in [4.69, 9.17) is 0 Å². The van der Waals surface area contributed by atoms with Crippen molar-refractivity contribution in [3.05, 3.63) is 0 Å². The van der Waals surface area contributed by atoms with Gasteiger partial charge in [0.2, 0.25) is 0 Å². The average Bonchev–Trinajstić information content (AvgIpc) is 1.00. The zero-order valence-electron chi connectivity index (χ0n) is 2.73. The monoisotopic (exact) mass is 204 g/mol. The molecule has 0 aromatic carbocycles. The molecular weight excluding hydrogens is 201 g/mol.